The van der Waals surface area contributed by atoms with E-state index in [1.54, 1.807) is 0 Å². The van der Waals surface area contributed by atoms with Crippen molar-refractivity contribution in [3.05, 3.63) is 160 Å². The van der Waals surface area contributed by atoms with Crippen molar-refractivity contribution in [3.8, 4) is 11.3 Å². The number of nitrogens with one attached hydrogen (secondary N) is 1. The number of benzene rings is 5. The minimum atomic E-state index is -1.29. The number of aryl methyl sites for hydroxylation is 1. The molecule has 3 aliphatic heterocycles. The molecule has 4 unspecified atom stereocenters. The molecule has 1 fully saturated rings. The molecule has 226 valence electrons. The maximum absolute atomic E-state index is 15.7. The Kier molecular flexibility index (Phi) is 5.29. The smallest absolute Gasteiger partial charge is 0.250 e. The van der Waals surface area contributed by atoms with Crippen LogP contribution in [0.5, 0.6) is 0 Å². The van der Waals surface area contributed by atoms with Gasteiger partial charge in [-0.3, -0.25) is 14.5 Å². The maximum atomic E-state index is 15.7. The zero-order valence-electron chi connectivity index (χ0n) is 25.8. The van der Waals surface area contributed by atoms with E-state index in [-0.39, 0.29) is 17.7 Å². The van der Waals surface area contributed by atoms with Crippen molar-refractivity contribution in [2.75, 3.05) is 11.9 Å². The van der Waals surface area contributed by atoms with Gasteiger partial charge in [0.15, 0.2) is 5.78 Å². The molecule has 1 amide bonds. The highest BCUT2D eigenvalue weighted by atomic mass is 16.2. The van der Waals surface area contributed by atoms with E-state index in [4.69, 9.17) is 9.97 Å². The number of hydrogen-bond acceptors (Lipinski definition) is 5. The van der Waals surface area contributed by atoms with Crippen LogP contribution in [0.25, 0.3) is 22.3 Å². The number of para-hydroxylation sites is 3. The highest BCUT2D eigenvalue weighted by molar-refractivity contribution is 6.13. The number of Topliss-reactive ketones (excluding diaryl/α,β-unsaturated/α-hetero) is 1. The van der Waals surface area contributed by atoms with E-state index in [9.17, 15) is 0 Å². The Balaban J connectivity index is 1.41. The molecular weight excluding hydrogens is 580 g/mol. The topological polar surface area (TPSA) is 75.2 Å². The molecule has 0 saturated carbocycles. The van der Waals surface area contributed by atoms with Gasteiger partial charge in [0.25, 0.3) is 0 Å². The Hall–Kier alpha value is -5.46. The Morgan fingerprint density at radius 3 is 2.30 bits per heavy atom. The van der Waals surface area contributed by atoms with Gasteiger partial charge in [-0.2, -0.15) is 0 Å². The second-order valence-corrected chi connectivity index (χ2v) is 13.3. The number of ketones is 1. The van der Waals surface area contributed by atoms with Crippen LogP contribution < -0.4 is 5.32 Å². The van der Waals surface area contributed by atoms with Gasteiger partial charge in [0.05, 0.1) is 39.8 Å². The van der Waals surface area contributed by atoms with Gasteiger partial charge in [-0.1, -0.05) is 109 Å². The third kappa shape index (κ3) is 3.18. The molecule has 0 radical (unpaired) electrons. The molecule has 6 heteroatoms. The molecule has 4 aliphatic rings. The SMILES string of the molecule is Cc1ccc(C(=O)C2C3(c4ccccc4-c4nc5ccccc5nc43)C3c4ccccc4CCN3C23C(=O)Nc2ccccc23)cc1. The van der Waals surface area contributed by atoms with Gasteiger partial charge >= 0.3 is 0 Å². The van der Waals surface area contributed by atoms with Crippen molar-refractivity contribution < 1.29 is 9.59 Å². The van der Waals surface area contributed by atoms with Gasteiger partial charge in [-0.15, -0.1) is 0 Å². The molecule has 1 aliphatic carbocycles. The number of amides is 1. The van der Waals surface area contributed by atoms with E-state index in [1.165, 1.54) is 5.56 Å². The number of carbonyl (C=O) groups is 2. The average Bonchev–Trinajstić information content (AvgIpc) is 3.68. The summed E-state index contributed by atoms with van der Waals surface area (Å²) >= 11 is 0. The molecule has 6 nitrogen and oxygen atoms in total. The van der Waals surface area contributed by atoms with Crippen LogP contribution in [0.4, 0.5) is 5.69 Å². The van der Waals surface area contributed by atoms with Crippen LogP contribution in [0.2, 0.25) is 0 Å². The monoisotopic (exact) mass is 610 g/mol. The van der Waals surface area contributed by atoms with Crippen molar-refractivity contribution in [1.82, 2.24) is 14.9 Å². The number of aromatic nitrogens is 2. The lowest BCUT2D eigenvalue weighted by atomic mass is 9.59. The molecule has 6 aromatic rings. The summed E-state index contributed by atoms with van der Waals surface area (Å²) < 4.78 is 0. The summed E-state index contributed by atoms with van der Waals surface area (Å²) in [4.78, 5) is 43.9. The first-order chi connectivity index (χ1) is 23.0. The summed E-state index contributed by atoms with van der Waals surface area (Å²) in [6.07, 6.45) is 0.767. The fourth-order valence-corrected chi connectivity index (χ4v) is 9.43. The number of nitrogens with zero attached hydrogens (tertiary/aromatic N) is 3. The Bertz CT molecular complexity index is 2330. The molecule has 1 aromatic heterocycles. The third-order valence-electron chi connectivity index (χ3n) is 11.2. The number of hydrogen-bond donors (Lipinski definition) is 1. The van der Waals surface area contributed by atoms with Crippen molar-refractivity contribution in [3.63, 3.8) is 0 Å². The van der Waals surface area contributed by atoms with Crippen LogP contribution >= 0.6 is 0 Å². The molecule has 5 aromatic carbocycles. The zero-order chi connectivity index (χ0) is 31.5. The van der Waals surface area contributed by atoms with Crippen LogP contribution in [-0.4, -0.2) is 33.1 Å². The third-order valence-corrected chi connectivity index (χ3v) is 11.2. The van der Waals surface area contributed by atoms with E-state index in [1.807, 2.05) is 91.9 Å². The van der Waals surface area contributed by atoms with Crippen LogP contribution in [0, 0.1) is 12.8 Å². The Morgan fingerprint density at radius 1 is 0.787 bits per heavy atom. The molecule has 1 N–H and O–H groups in total. The van der Waals surface area contributed by atoms with Crippen LogP contribution in [0.1, 0.15) is 49.9 Å². The second kappa shape index (κ2) is 9.30. The Labute approximate surface area is 272 Å². The predicted octanol–water partition coefficient (Wildman–Crippen LogP) is 7.16. The number of carbonyl (C=O) groups excluding carboxylic acids is 2. The molecular formula is C41H30N4O2. The molecule has 2 spiro atoms. The van der Waals surface area contributed by atoms with E-state index < -0.39 is 16.9 Å². The molecule has 47 heavy (non-hydrogen) atoms. The van der Waals surface area contributed by atoms with Gasteiger partial charge < -0.3 is 5.32 Å². The molecule has 0 bridgehead atoms. The quantitative estimate of drug-likeness (QED) is 0.211. The first-order valence-corrected chi connectivity index (χ1v) is 16.3. The van der Waals surface area contributed by atoms with E-state index in [0.717, 1.165) is 62.3 Å². The van der Waals surface area contributed by atoms with Crippen molar-refractivity contribution in [2.45, 2.75) is 30.3 Å². The van der Waals surface area contributed by atoms with Crippen molar-refractivity contribution >= 4 is 28.4 Å². The summed E-state index contributed by atoms with van der Waals surface area (Å²) in [5.74, 6) is -1.08. The average molecular weight is 611 g/mol. The normalized spacial score (nSPS) is 24.9. The van der Waals surface area contributed by atoms with Gasteiger partial charge in [-0.25, -0.2) is 9.97 Å². The first-order valence-electron chi connectivity index (χ1n) is 16.3. The molecule has 4 heterocycles. The number of rotatable bonds is 2. The summed E-state index contributed by atoms with van der Waals surface area (Å²) in [6.45, 7) is 2.64. The minimum Gasteiger partial charge on any atom is -0.324 e. The summed E-state index contributed by atoms with van der Waals surface area (Å²) in [7, 11) is 0. The fraction of sp³-hybridized carbons (Fsp3) is 0.171. The first kappa shape index (κ1) is 26.7. The number of anilines is 1. The van der Waals surface area contributed by atoms with Crippen LogP contribution in [-0.2, 0) is 22.2 Å². The largest absolute Gasteiger partial charge is 0.324 e. The van der Waals surface area contributed by atoms with E-state index in [2.05, 4.69) is 46.6 Å². The lowest BCUT2D eigenvalue weighted by molar-refractivity contribution is -0.128. The predicted molar refractivity (Wildman–Crippen MR) is 181 cm³/mol. The van der Waals surface area contributed by atoms with Gasteiger partial charge in [-0.05, 0) is 48.2 Å². The standard InChI is InChI=1S/C41H30N4O2/c1-24-18-20-26(21-19-24)35(46)36-40(29-13-5-4-12-28(29)34-37(40)43-33-17-9-8-16-32(33)42-34)38-27-11-3-2-10-25(27)22-23-45(38)41(36)30-14-6-7-15-31(30)44-39(41)47/h2-21,36,38H,22-23H2,1H3,(H,44,47). The summed E-state index contributed by atoms with van der Waals surface area (Å²) in [6, 6.07) is 40.2. The maximum Gasteiger partial charge on any atom is 0.250 e. The van der Waals surface area contributed by atoms with Gasteiger partial charge in [0.2, 0.25) is 5.91 Å². The van der Waals surface area contributed by atoms with Crippen molar-refractivity contribution in [1.29, 1.82) is 0 Å². The van der Waals surface area contributed by atoms with Crippen LogP contribution in [0.3, 0.4) is 0 Å². The minimum absolute atomic E-state index is 0.0682. The Morgan fingerprint density at radius 2 is 1.47 bits per heavy atom. The van der Waals surface area contributed by atoms with Gasteiger partial charge in [0.1, 0.15) is 5.54 Å². The molecule has 4 atom stereocenters. The highest BCUT2D eigenvalue weighted by Crippen LogP contribution is 2.72. The second-order valence-electron chi connectivity index (χ2n) is 13.3. The van der Waals surface area contributed by atoms with Crippen molar-refractivity contribution in [2.24, 2.45) is 5.92 Å². The lowest BCUT2D eigenvalue weighted by Gasteiger charge is -2.42. The lowest BCUT2D eigenvalue weighted by Crippen LogP contribution is -2.55. The van der Waals surface area contributed by atoms with E-state index >= 15 is 9.59 Å². The highest BCUT2D eigenvalue weighted by Gasteiger charge is 2.77. The van der Waals surface area contributed by atoms with Gasteiger partial charge in [0, 0.05) is 28.9 Å². The fourth-order valence-electron chi connectivity index (χ4n) is 9.43. The molecule has 10 rings (SSSR count). The van der Waals surface area contributed by atoms with E-state index in [0.29, 0.717) is 12.1 Å². The zero-order valence-corrected chi connectivity index (χ0v) is 25.8. The summed E-state index contributed by atoms with van der Waals surface area (Å²) in [5, 5.41) is 3.25. The molecule has 1 saturated heterocycles. The number of fused-ring (bicyclic) bond motifs is 13. The summed E-state index contributed by atoms with van der Waals surface area (Å²) in [5.41, 5.74) is 8.39. The van der Waals surface area contributed by atoms with Crippen LogP contribution in [0.15, 0.2) is 121 Å².